The number of nitrogens with one attached hydrogen (secondary N) is 1. The van der Waals surface area contributed by atoms with E-state index in [9.17, 15) is 0 Å². The lowest BCUT2D eigenvalue weighted by Gasteiger charge is -2.16. The van der Waals surface area contributed by atoms with Gasteiger partial charge in [-0.05, 0) is 24.3 Å². The van der Waals surface area contributed by atoms with Crippen molar-refractivity contribution in [1.29, 1.82) is 0 Å². The zero-order chi connectivity index (χ0) is 13.7. The summed E-state index contributed by atoms with van der Waals surface area (Å²) in [5, 5.41) is 0.689. The minimum atomic E-state index is -0.00298. The second-order valence-electron chi connectivity index (χ2n) is 4.29. The first-order valence-electron chi connectivity index (χ1n) is 5.99. The molecule has 3 N–H and O–H groups in total. The van der Waals surface area contributed by atoms with Gasteiger partial charge in [-0.3, -0.25) is 11.3 Å². The molecule has 1 unspecified atom stereocenters. The number of hydrazine groups is 1. The van der Waals surface area contributed by atoms with E-state index in [1.807, 2.05) is 29.9 Å². The highest BCUT2D eigenvalue weighted by molar-refractivity contribution is 6.30. The first kappa shape index (κ1) is 13.9. The van der Waals surface area contributed by atoms with Crippen LogP contribution in [0.3, 0.4) is 0 Å². The van der Waals surface area contributed by atoms with E-state index in [4.69, 9.17) is 22.2 Å². The van der Waals surface area contributed by atoms with E-state index in [1.54, 1.807) is 18.3 Å². The Balaban J connectivity index is 1.89. The van der Waals surface area contributed by atoms with E-state index >= 15 is 0 Å². The Bertz CT molecular complexity index is 512. The van der Waals surface area contributed by atoms with Gasteiger partial charge in [0.25, 0.3) is 0 Å². The SMILES string of the molecule is Cn1ccnc1CC(COc1ccc(Cl)cc1)NN. The number of hydrogen-bond donors (Lipinski definition) is 2. The Morgan fingerprint density at radius 2 is 2.16 bits per heavy atom. The van der Waals surface area contributed by atoms with Crippen LogP contribution in [0.25, 0.3) is 0 Å². The van der Waals surface area contributed by atoms with Crippen LogP contribution in [0.4, 0.5) is 0 Å². The molecule has 2 rings (SSSR count). The van der Waals surface area contributed by atoms with Gasteiger partial charge in [-0.25, -0.2) is 4.98 Å². The fourth-order valence-corrected chi connectivity index (χ4v) is 1.83. The number of nitrogens with zero attached hydrogens (tertiary/aromatic N) is 2. The molecule has 19 heavy (non-hydrogen) atoms. The van der Waals surface area contributed by atoms with Crippen LogP contribution in [-0.2, 0) is 13.5 Å². The maximum Gasteiger partial charge on any atom is 0.119 e. The molecule has 0 amide bonds. The van der Waals surface area contributed by atoms with Gasteiger partial charge < -0.3 is 9.30 Å². The Kier molecular flexibility index (Phi) is 4.79. The number of imidazole rings is 1. The summed E-state index contributed by atoms with van der Waals surface area (Å²) >= 11 is 5.81. The molecule has 0 saturated heterocycles. The van der Waals surface area contributed by atoms with E-state index in [-0.39, 0.29) is 6.04 Å². The van der Waals surface area contributed by atoms with Crippen molar-refractivity contribution in [1.82, 2.24) is 15.0 Å². The van der Waals surface area contributed by atoms with Crippen molar-refractivity contribution in [2.75, 3.05) is 6.61 Å². The van der Waals surface area contributed by atoms with Crippen molar-refractivity contribution in [2.24, 2.45) is 12.9 Å². The summed E-state index contributed by atoms with van der Waals surface area (Å²) < 4.78 is 7.63. The summed E-state index contributed by atoms with van der Waals surface area (Å²) in [6.07, 6.45) is 4.37. The lowest BCUT2D eigenvalue weighted by molar-refractivity contribution is 0.262. The number of hydrogen-bond acceptors (Lipinski definition) is 4. The van der Waals surface area contributed by atoms with Gasteiger partial charge >= 0.3 is 0 Å². The first-order valence-corrected chi connectivity index (χ1v) is 6.37. The standard InChI is InChI=1S/C13H17ClN4O/c1-18-7-6-16-13(18)8-11(17-15)9-19-12-4-2-10(14)3-5-12/h2-7,11,17H,8-9,15H2,1H3. The van der Waals surface area contributed by atoms with Crippen molar-refractivity contribution in [3.8, 4) is 5.75 Å². The zero-order valence-corrected chi connectivity index (χ0v) is 11.5. The van der Waals surface area contributed by atoms with Crippen LogP contribution < -0.4 is 16.0 Å². The minimum Gasteiger partial charge on any atom is -0.492 e. The Labute approximate surface area is 117 Å². The topological polar surface area (TPSA) is 65.1 Å². The maximum atomic E-state index is 5.81. The predicted octanol–water partition coefficient (Wildman–Crippen LogP) is 1.53. The summed E-state index contributed by atoms with van der Waals surface area (Å²) in [6, 6.07) is 7.24. The third-order valence-electron chi connectivity index (χ3n) is 2.85. The molecule has 0 aliphatic heterocycles. The molecule has 102 valence electrons. The molecular weight excluding hydrogens is 264 g/mol. The van der Waals surface area contributed by atoms with Gasteiger partial charge in [0.05, 0.1) is 6.04 Å². The molecule has 1 aromatic carbocycles. The Hall–Kier alpha value is -1.56. The van der Waals surface area contributed by atoms with Crippen LogP contribution in [0.15, 0.2) is 36.7 Å². The van der Waals surface area contributed by atoms with Gasteiger partial charge in [0.2, 0.25) is 0 Å². The molecule has 0 spiro atoms. The highest BCUT2D eigenvalue weighted by Gasteiger charge is 2.11. The Morgan fingerprint density at radius 1 is 1.42 bits per heavy atom. The fourth-order valence-electron chi connectivity index (χ4n) is 1.71. The molecule has 0 saturated carbocycles. The summed E-state index contributed by atoms with van der Waals surface area (Å²) in [4.78, 5) is 4.26. The Morgan fingerprint density at radius 3 is 2.74 bits per heavy atom. The second-order valence-corrected chi connectivity index (χ2v) is 4.72. The predicted molar refractivity (Wildman–Crippen MR) is 75.0 cm³/mol. The second kappa shape index (κ2) is 6.56. The van der Waals surface area contributed by atoms with Gasteiger partial charge in [-0.2, -0.15) is 0 Å². The number of nitrogens with two attached hydrogens (primary N) is 1. The van der Waals surface area contributed by atoms with E-state index in [0.717, 1.165) is 11.6 Å². The third-order valence-corrected chi connectivity index (χ3v) is 3.10. The summed E-state index contributed by atoms with van der Waals surface area (Å²) in [5.74, 6) is 7.27. The third kappa shape index (κ3) is 3.96. The van der Waals surface area contributed by atoms with Crippen LogP contribution in [0.5, 0.6) is 5.75 Å². The van der Waals surface area contributed by atoms with E-state index < -0.39 is 0 Å². The number of aryl methyl sites for hydroxylation is 1. The molecule has 2 aromatic rings. The molecule has 0 radical (unpaired) electrons. The molecule has 0 fully saturated rings. The van der Waals surface area contributed by atoms with Crippen LogP contribution >= 0.6 is 11.6 Å². The number of aromatic nitrogens is 2. The van der Waals surface area contributed by atoms with E-state index in [1.165, 1.54) is 0 Å². The molecule has 5 nitrogen and oxygen atoms in total. The minimum absolute atomic E-state index is 0.00298. The summed E-state index contributed by atoms with van der Waals surface area (Å²) in [5.41, 5.74) is 2.74. The average molecular weight is 281 g/mol. The number of rotatable bonds is 6. The average Bonchev–Trinajstić information content (AvgIpc) is 2.82. The van der Waals surface area contributed by atoms with Crippen LogP contribution in [-0.4, -0.2) is 22.2 Å². The number of halogens is 1. The van der Waals surface area contributed by atoms with Crippen LogP contribution in [0.2, 0.25) is 5.02 Å². The fraction of sp³-hybridized carbons (Fsp3) is 0.308. The van der Waals surface area contributed by atoms with Crippen molar-refractivity contribution in [3.63, 3.8) is 0 Å². The largest absolute Gasteiger partial charge is 0.492 e. The van der Waals surface area contributed by atoms with Gasteiger partial charge in [0, 0.05) is 30.9 Å². The van der Waals surface area contributed by atoms with Gasteiger partial charge in [0.1, 0.15) is 18.2 Å². The monoisotopic (exact) mass is 280 g/mol. The maximum absolute atomic E-state index is 5.81. The number of ether oxygens (including phenoxy) is 1. The van der Waals surface area contributed by atoms with Crippen molar-refractivity contribution in [2.45, 2.75) is 12.5 Å². The molecule has 1 atom stereocenters. The van der Waals surface area contributed by atoms with Gasteiger partial charge in [-0.15, -0.1) is 0 Å². The lowest BCUT2D eigenvalue weighted by atomic mass is 10.2. The van der Waals surface area contributed by atoms with Crippen molar-refractivity contribution < 1.29 is 4.74 Å². The summed E-state index contributed by atoms with van der Waals surface area (Å²) in [7, 11) is 1.95. The quantitative estimate of drug-likeness (QED) is 0.622. The highest BCUT2D eigenvalue weighted by atomic mass is 35.5. The molecule has 1 heterocycles. The lowest BCUT2D eigenvalue weighted by Crippen LogP contribution is -2.41. The van der Waals surface area contributed by atoms with Gasteiger partial charge in [-0.1, -0.05) is 11.6 Å². The molecule has 1 aromatic heterocycles. The van der Waals surface area contributed by atoms with Gasteiger partial charge in [0.15, 0.2) is 0 Å². The van der Waals surface area contributed by atoms with E-state index in [2.05, 4.69) is 10.4 Å². The highest BCUT2D eigenvalue weighted by Crippen LogP contribution is 2.15. The van der Waals surface area contributed by atoms with Crippen LogP contribution in [0.1, 0.15) is 5.82 Å². The molecule has 6 heteroatoms. The molecule has 0 aliphatic rings. The zero-order valence-electron chi connectivity index (χ0n) is 10.7. The summed E-state index contributed by atoms with van der Waals surface area (Å²) in [6.45, 7) is 0.463. The molecular formula is C13H17ClN4O. The smallest absolute Gasteiger partial charge is 0.119 e. The van der Waals surface area contributed by atoms with E-state index in [0.29, 0.717) is 18.1 Å². The van der Waals surface area contributed by atoms with Crippen LogP contribution in [0, 0.1) is 0 Å². The first-order chi connectivity index (χ1) is 9.19. The van der Waals surface area contributed by atoms with Crippen molar-refractivity contribution >= 4 is 11.6 Å². The number of benzene rings is 1. The molecule has 0 bridgehead atoms. The molecule has 0 aliphatic carbocycles. The van der Waals surface area contributed by atoms with Crippen molar-refractivity contribution in [3.05, 3.63) is 47.5 Å². The normalized spacial score (nSPS) is 12.4.